The van der Waals surface area contributed by atoms with E-state index in [9.17, 15) is 9.59 Å². The van der Waals surface area contributed by atoms with E-state index in [4.69, 9.17) is 10.3 Å². The normalized spacial score (nSPS) is 13.2. The summed E-state index contributed by atoms with van der Waals surface area (Å²) in [4.78, 5) is 26.1. The molecule has 0 unspecified atom stereocenters. The Kier molecular flexibility index (Phi) is 4.73. The molecule has 0 saturated heterocycles. The highest BCUT2D eigenvalue weighted by atomic mass is 16.5. The fraction of sp³-hybridized carbons (Fsp3) is 0.211. The number of rotatable bonds is 5. The summed E-state index contributed by atoms with van der Waals surface area (Å²) in [5, 5.41) is 2.42. The molecule has 0 spiro atoms. The molecule has 0 heterocycles. The number of ketones is 1. The Balaban J connectivity index is 1.70. The predicted molar refractivity (Wildman–Crippen MR) is 92.4 cm³/mol. The number of carbonyl (C=O) groups excluding carboxylic acids is 2. The molecule has 0 radical (unpaired) electrons. The van der Waals surface area contributed by atoms with Crippen molar-refractivity contribution in [3.63, 3.8) is 0 Å². The van der Waals surface area contributed by atoms with Crippen LogP contribution >= 0.6 is 0 Å². The van der Waals surface area contributed by atoms with E-state index in [1.807, 2.05) is 36.4 Å². The first-order chi connectivity index (χ1) is 12.1. The molecule has 6 nitrogen and oxygen atoms in total. The van der Waals surface area contributed by atoms with Crippen LogP contribution in [0.5, 0.6) is 0 Å². The van der Waals surface area contributed by atoms with Crippen LogP contribution in [-0.4, -0.2) is 35.5 Å². The van der Waals surface area contributed by atoms with Crippen LogP contribution in [-0.2, 0) is 9.53 Å². The molecule has 0 aromatic heterocycles. The number of benzene rings is 2. The third kappa shape index (κ3) is 3.34. The number of fused-ring (bicyclic) bond motifs is 3. The first kappa shape index (κ1) is 16.6. The predicted octanol–water partition coefficient (Wildman–Crippen LogP) is 2.78. The number of amides is 1. The lowest BCUT2D eigenvalue weighted by Gasteiger charge is -2.15. The van der Waals surface area contributed by atoms with Gasteiger partial charge in [0.2, 0.25) is 0 Å². The van der Waals surface area contributed by atoms with Crippen LogP contribution in [0.1, 0.15) is 24.0 Å². The Morgan fingerprint density at radius 2 is 1.72 bits per heavy atom. The molecular weight excluding hydrogens is 318 g/mol. The minimum atomic E-state index is -0.827. The van der Waals surface area contributed by atoms with E-state index in [1.54, 1.807) is 0 Å². The van der Waals surface area contributed by atoms with Crippen molar-refractivity contribution in [2.75, 3.05) is 6.61 Å². The van der Waals surface area contributed by atoms with Gasteiger partial charge in [-0.25, -0.2) is 4.79 Å². The molecule has 1 aliphatic rings. The van der Waals surface area contributed by atoms with E-state index >= 15 is 0 Å². The number of ether oxygens (including phenoxy) is 1. The first-order valence-corrected chi connectivity index (χ1v) is 7.94. The van der Waals surface area contributed by atoms with Crippen LogP contribution in [0.2, 0.25) is 0 Å². The fourth-order valence-electron chi connectivity index (χ4n) is 3.06. The van der Waals surface area contributed by atoms with Crippen molar-refractivity contribution in [1.29, 1.82) is 0 Å². The summed E-state index contributed by atoms with van der Waals surface area (Å²) >= 11 is 0. The van der Waals surface area contributed by atoms with Crippen molar-refractivity contribution in [3.05, 3.63) is 65.2 Å². The van der Waals surface area contributed by atoms with Crippen molar-refractivity contribution < 1.29 is 19.1 Å². The SMILES string of the molecule is C[C@H](NC(=O)OCC1c2ccccc2-c2ccccc21)C(=O)C=[N+]=[N-]. The van der Waals surface area contributed by atoms with Gasteiger partial charge in [-0.2, -0.15) is 4.79 Å². The van der Waals surface area contributed by atoms with E-state index in [1.165, 1.54) is 6.92 Å². The Hall–Kier alpha value is -3.24. The number of hydrogen-bond acceptors (Lipinski definition) is 3. The summed E-state index contributed by atoms with van der Waals surface area (Å²) in [6.07, 6.45) is 0.0584. The summed E-state index contributed by atoms with van der Waals surface area (Å²) in [7, 11) is 0. The van der Waals surface area contributed by atoms with Crippen LogP contribution in [0.4, 0.5) is 4.79 Å². The van der Waals surface area contributed by atoms with Gasteiger partial charge < -0.3 is 15.6 Å². The third-order valence-corrected chi connectivity index (χ3v) is 4.29. The van der Waals surface area contributed by atoms with Gasteiger partial charge in [0.25, 0.3) is 5.78 Å². The van der Waals surface area contributed by atoms with E-state index in [2.05, 4.69) is 22.2 Å². The van der Waals surface area contributed by atoms with Gasteiger partial charge in [-0.3, -0.25) is 4.79 Å². The molecule has 25 heavy (non-hydrogen) atoms. The van der Waals surface area contributed by atoms with Gasteiger partial charge >= 0.3 is 12.3 Å². The van der Waals surface area contributed by atoms with Gasteiger partial charge in [0.15, 0.2) is 0 Å². The third-order valence-electron chi connectivity index (χ3n) is 4.29. The highest BCUT2D eigenvalue weighted by Gasteiger charge is 2.29. The molecule has 2 aromatic rings. The smallest absolute Gasteiger partial charge is 0.407 e. The zero-order valence-electron chi connectivity index (χ0n) is 13.7. The lowest BCUT2D eigenvalue weighted by molar-refractivity contribution is -0.117. The molecule has 1 aliphatic carbocycles. The molecule has 1 atom stereocenters. The molecule has 0 saturated carbocycles. The van der Waals surface area contributed by atoms with E-state index in [0.29, 0.717) is 0 Å². The second-order valence-corrected chi connectivity index (χ2v) is 5.84. The van der Waals surface area contributed by atoms with Gasteiger partial charge in [-0.05, 0) is 29.2 Å². The fourth-order valence-corrected chi connectivity index (χ4v) is 3.06. The van der Waals surface area contributed by atoms with Gasteiger partial charge in [0, 0.05) is 5.92 Å². The van der Waals surface area contributed by atoms with Crippen molar-refractivity contribution in [3.8, 4) is 11.1 Å². The second kappa shape index (κ2) is 7.11. The van der Waals surface area contributed by atoms with Crippen molar-refractivity contribution >= 4 is 18.1 Å². The monoisotopic (exact) mass is 335 g/mol. The lowest BCUT2D eigenvalue weighted by atomic mass is 9.98. The summed E-state index contributed by atoms with van der Waals surface area (Å²) < 4.78 is 5.33. The highest BCUT2D eigenvalue weighted by Crippen LogP contribution is 2.44. The standard InChI is InChI=1S/C19H17N3O3/c1-12(18(23)10-21-20)22-19(24)25-11-17-15-8-4-2-6-13(15)14-7-3-5-9-16(14)17/h2-10,12,17H,11H2,1H3,(H,22,24)/t12-/m0/s1. The molecule has 1 amide bonds. The second-order valence-electron chi connectivity index (χ2n) is 5.84. The van der Waals surface area contributed by atoms with Crippen molar-refractivity contribution in [2.24, 2.45) is 0 Å². The van der Waals surface area contributed by atoms with Crippen LogP contribution in [0, 0.1) is 0 Å². The molecule has 6 heteroatoms. The number of nitrogens with one attached hydrogen (secondary N) is 1. The number of hydrogen-bond donors (Lipinski definition) is 1. The van der Waals surface area contributed by atoms with Crippen molar-refractivity contribution in [1.82, 2.24) is 5.32 Å². The Labute approximate surface area is 145 Å². The number of alkyl carbamates (subject to hydrolysis) is 1. The Morgan fingerprint density at radius 3 is 2.28 bits per heavy atom. The number of Topliss-reactive ketones (excluding diaryl/α,β-unsaturated/α-hetero) is 1. The average molecular weight is 335 g/mol. The molecular formula is C19H17N3O3. The zero-order valence-corrected chi connectivity index (χ0v) is 13.7. The van der Waals surface area contributed by atoms with Gasteiger partial charge in [0.05, 0.1) is 6.04 Å². The molecule has 2 aromatic carbocycles. The van der Waals surface area contributed by atoms with E-state index < -0.39 is 17.9 Å². The van der Waals surface area contributed by atoms with Gasteiger partial charge in [0.1, 0.15) is 6.61 Å². The van der Waals surface area contributed by atoms with Crippen LogP contribution in [0.25, 0.3) is 16.7 Å². The van der Waals surface area contributed by atoms with Gasteiger partial charge in [-0.15, -0.1) is 0 Å². The molecule has 0 aliphatic heterocycles. The van der Waals surface area contributed by atoms with Crippen LogP contribution in [0.3, 0.4) is 0 Å². The zero-order chi connectivity index (χ0) is 17.8. The summed E-state index contributed by atoms with van der Waals surface area (Å²) in [5.74, 6) is -0.556. The van der Waals surface area contributed by atoms with Gasteiger partial charge in [-0.1, -0.05) is 48.5 Å². The maximum Gasteiger partial charge on any atom is 0.407 e. The maximum atomic E-state index is 12.0. The lowest BCUT2D eigenvalue weighted by Crippen LogP contribution is -2.39. The largest absolute Gasteiger partial charge is 0.449 e. The molecule has 126 valence electrons. The van der Waals surface area contributed by atoms with E-state index in [0.717, 1.165) is 28.5 Å². The quantitative estimate of drug-likeness (QED) is 0.517. The maximum absolute atomic E-state index is 12.0. The van der Waals surface area contributed by atoms with Crippen LogP contribution < -0.4 is 5.32 Å². The highest BCUT2D eigenvalue weighted by molar-refractivity contribution is 6.27. The minimum absolute atomic E-state index is 0.0387. The van der Waals surface area contributed by atoms with Crippen molar-refractivity contribution in [2.45, 2.75) is 18.9 Å². The first-order valence-electron chi connectivity index (χ1n) is 7.94. The van der Waals surface area contributed by atoms with E-state index in [-0.39, 0.29) is 12.5 Å². The number of carbonyl (C=O) groups is 2. The molecule has 0 bridgehead atoms. The van der Waals surface area contributed by atoms with Crippen LogP contribution in [0.15, 0.2) is 48.5 Å². The minimum Gasteiger partial charge on any atom is -0.449 e. The topological polar surface area (TPSA) is 91.8 Å². The molecule has 3 rings (SSSR count). The number of nitrogens with zero attached hydrogens (tertiary/aromatic N) is 2. The summed E-state index contributed by atoms with van der Waals surface area (Å²) in [6, 6.07) is 15.3. The molecule has 0 fully saturated rings. The molecule has 1 N–H and O–H groups in total. The average Bonchev–Trinajstić information content (AvgIpc) is 2.94. The Morgan fingerprint density at radius 1 is 1.16 bits per heavy atom. The summed E-state index contributed by atoms with van der Waals surface area (Å²) in [6.45, 7) is 1.67. The Bertz CT molecular complexity index is 826. The summed E-state index contributed by atoms with van der Waals surface area (Å²) in [5.41, 5.74) is 12.9.